The highest BCUT2D eigenvalue weighted by molar-refractivity contribution is 7.90. The summed E-state index contributed by atoms with van der Waals surface area (Å²) >= 11 is 11.7. The Bertz CT molecular complexity index is 934. The van der Waals surface area contributed by atoms with Crippen molar-refractivity contribution in [2.75, 3.05) is 11.6 Å². The monoisotopic (exact) mass is 368 g/mol. The second-order valence-electron chi connectivity index (χ2n) is 4.67. The van der Waals surface area contributed by atoms with Gasteiger partial charge in [-0.15, -0.1) is 0 Å². The zero-order valence-electron chi connectivity index (χ0n) is 11.8. The van der Waals surface area contributed by atoms with E-state index in [2.05, 4.69) is 5.32 Å². The van der Waals surface area contributed by atoms with Crippen molar-refractivity contribution in [3.63, 3.8) is 0 Å². The Morgan fingerprint density at radius 2 is 1.87 bits per heavy atom. The fourth-order valence-electron chi connectivity index (χ4n) is 1.89. The van der Waals surface area contributed by atoms with E-state index < -0.39 is 15.7 Å². The maximum atomic E-state index is 12.2. The number of nitriles is 1. The van der Waals surface area contributed by atoms with Crippen LogP contribution in [-0.4, -0.2) is 20.6 Å². The minimum absolute atomic E-state index is 0.0486. The summed E-state index contributed by atoms with van der Waals surface area (Å²) in [6.07, 6.45) is 1.01. The molecule has 8 heteroatoms. The van der Waals surface area contributed by atoms with Crippen molar-refractivity contribution in [2.24, 2.45) is 0 Å². The third-order valence-electron chi connectivity index (χ3n) is 2.93. The highest BCUT2D eigenvalue weighted by atomic mass is 35.5. The van der Waals surface area contributed by atoms with Crippen molar-refractivity contribution >= 4 is 44.6 Å². The van der Waals surface area contributed by atoms with E-state index in [0.717, 1.165) is 6.26 Å². The molecule has 0 fully saturated rings. The van der Waals surface area contributed by atoms with Crippen LogP contribution in [0.15, 0.2) is 41.3 Å². The molecule has 0 saturated heterocycles. The first-order chi connectivity index (χ1) is 10.7. The molecule has 0 aliphatic carbocycles. The van der Waals surface area contributed by atoms with Crippen molar-refractivity contribution in [1.29, 1.82) is 5.26 Å². The van der Waals surface area contributed by atoms with Crippen LogP contribution in [-0.2, 0) is 9.84 Å². The van der Waals surface area contributed by atoms with E-state index in [1.54, 1.807) is 6.07 Å². The number of amides is 1. The molecule has 0 unspecified atom stereocenters. The molecule has 0 aliphatic rings. The van der Waals surface area contributed by atoms with Crippen LogP contribution < -0.4 is 5.32 Å². The molecule has 1 amide bonds. The molecule has 2 aromatic rings. The number of sulfone groups is 1. The number of nitrogens with one attached hydrogen (secondary N) is 1. The highest BCUT2D eigenvalue weighted by Gasteiger charge is 2.16. The van der Waals surface area contributed by atoms with Crippen molar-refractivity contribution < 1.29 is 13.2 Å². The van der Waals surface area contributed by atoms with Gasteiger partial charge in [0.1, 0.15) is 6.07 Å². The maximum absolute atomic E-state index is 12.2. The number of hydrogen-bond donors (Lipinski definition) is 1. The molecule has 0 bridgehead atoms. The molecular formula is C15H10Cl2N2O3S. The molecule has 2 rings (SSSR count). The predicted molar refractivity (Wildman–Crippen MR) is 88.7 cm³/mol. The van der Waals surface area contributed by atoms with Gasteiger partial charge in [-0.25, -0.2) is 8.42 Å². The minimum atomic E-state index is -3.53. The zero-order valence-corrected chi connectivity index (χ0v) is 14.1. The van der Waals surface area contributed by atoms with Crippen LogP contribution in [0.1, 0.15) is 15.9 Å². The average molecular weight is 369 g/mol. The third kappa shape index (κ3) is 4.02. The van der Waals surface area contributed by atoms with Gasteiger partial charge in [0, 0.05) is 17.0 Å². The van der Waals surface area contributed by atoms with Gasteiger partial charge in [0.2, 0.25) is 0 Å². The summed E-state index contributed by atoms with van der Waals surface area (Å²) in [6.45, 7) is 0. The van der Waals surface area contributed by atoms with E-state index >= 15 is 0 Å². The van der Waals surface area contributed by atoms with E-state index in [1.807, 2.05) is 0 Å². The van der Waals surface area contributed by atoms with Crippen LogP contribution in [0.4, 0.5) is 5.69 Å². The van der Waals surface area contributed by atoms with Crippen molar-refractivity contribution in [2.45, 2.75) is 4.90 Å². The maximum Gasteiger partial charge on any atom is 0.257 e. The number of carbonyl (C=O) groups is 1. The first-order valence-corrected chi connectivity index (χ1v) is 8.87. The lowest BCUT2D eigenvalue weighted by Crippen LogP contribution is -2.13. The number of hydrogen-bond acceptors (Lipinski definition) is 4. The lowest BCUT2D eigenvalue weighted by atomic mass is 10.2. The first-order valence-electron chi connectivity index (χ1n) is 6.23. The molecular weight excluding hydrogens is 359 g/mol. The summed E-state index contributed by atoms with van der Waals surface area (Å²) in [6, 6.07) is 10.2. The number of carbonyl (C=O) groups excluding carboxylic acids is 1. The number of benzene rings is 2. The topological polar surface area (TPSA) is 87.0 Å². The second-order valence-corrected chi connectivity index (χ2v) is 7.50. The van der Waals surface area contributed by atoms with E-state index in [9.17, 15) is 13.2 Å². The van der Waals surface area contributed by atoms with Gasteiger partial charge in [0.05, 0.1) is 21.0 Å². The average Bonchev–Trinajstić information content (AvgIpc) is 2.45. The molecule has 2 aromatic carbocycles. The normalized spacial score (nSPS) is 10.9. The minimum Gasteiger partial charge on any atom is -0.322 e. The smallest absolute Gasteiger partial charge is 0.257 e. The number of rotatable bonds is 3. The van der Waals surface area contributed by atoms with Gasteiger partial charge in [-0.3, -0.25) is 4.79 Å². The zero-order chi connectivity index (χ0) is 17.2. The van der Waals surface area contributed by atoms with Gasteiger partial charge in [0.15, 0.2) is 9.84 Å². The Morgan fingerprint density at radius 3 is 2.43 bits per heavy atom. The van der Waals surface area contributed by atoms with Crippen molar-refractivity contribution in [1.82, 2.24) is 0 Å². The molecule has 0 aliphatic heterocycles. The van der Waals surface area contributed by atoms with Crippen molar-refractivity contribution in [3.05, 3.63) is 57.6 Å². The lowest BCUT2D eigenvalue weighted by molar-refractivity contribution is 0.102. The molecule has 0 spiro atoms. The summed E-state index contributed by atoms with van der Waals surface area (Å²) in [5.41, 5.74) is 0.444. The SMILES string of the molecule is CS(=O)(=O)c1ccc(NC(=O)c2ccc(Cl)cc2Cl)cc1C#N. The van der Waals surface area contributed by atoms with E-state index in [0.29, 0.717) is 5.02 Å². The fourth-order valence-corrected chi connectivity index (χ4v) is 3.20. The van der Waals surface area contributed by atoms with Crippen LogP contribution in [0.3, 0.4) is 0 Å². The Hall–Kier alpha value is -2.07. The van der Waals surface area contributed by atoms with Gasteiger partial charge in [-0.1, -0.05) is 23.2 Å². The van der Waals surface area contributed by atoms with Gasteiger partial charge in [-0.2, -0.15) is 5.26 Å². The van der Waals surface area contributed by atoms with Crippen LogP contribution >= 0.6 is 23.2 Å². The number of anilines is 1. The molecule has 118 valence electrons. The Balaban J connectivity index is 2.34. The van der Waals surface area contributed by atoms with Crippen LogP contribution in [0.2, 0.25) is 10.0 Å². The van der Waals surface area contributed by atoms with Crippen LogP contribution in [0.5, 0.6) is 0 Å². The van der Waals surface area contributed by atoms with E-state index in [1.165, 1.54) is 36.4 Å². The summed E-state index contributed by atoms with van der Waals surface area (Å²) in [5.74, 6) is -0.498. The Morgan fingerprint density at radius 1 is 1.17 bits per heavy atom. The molecule has 0 aromatic heterocycles. The summed E-state index contributed by atoms with van der Waals surface area (Å²) < 4.78 is 23.2. The highest BCUT2D eigenvalue weighted by Crippen LogP contribution is 2.24. The molecule has 1 N–H and O–H groups in total. The predicted octanol–water partition coefficient (Wildman–Crippen LogP) is 3.52. The van der Waals surface area contributed by atoms with E-state index in [-0.39, 0.29) is 26.7 Å². The molecule has 0 radical (unpaired) electrons. The molecule has 0 saturated carbocycles. The molecule has 5 nitrogen and oxygen atoms in total. The van der Waals surface area contributed by atoms with Crippen LogP contribution in [0.25, 0.3) is 0 Å². The molecule has 0 heterocycles. The standard InChI is InChI=1S/C15H10Cl2N2O3S/c1-23(21,22)14-5-3-11(6-9(14)8-18)19-15(20)12-4-2-10(16)7-13(12)17/h2-7H,1H3,(H,19,20). The largest absolute Gasteiger partial charge is 0.322 e. The second kappa shape index (κ2) is 6.59. The van der Waals surface area contributed by atoms with E-state index in [4.69, 9.17) is 28.5 Å². The van der Waals surface area contributed by atoms with Gasteiger partial charge < -0.3 is 5.32 Å². The summed E-state index contributed by atoms with van der Waals surface area (Å²) in [4.78, 5) is 12.1. The van der Waals surface area contributed by atoms with Gasteiger partial charge in [0.25, 0.3) is 5.91 Å². The summed E-state index contributed by atoms with van der Waals surface area (Å²) in [7, 11) is -3.53. The third-order valence-corrected chi connectivity index (χ3v) is 4.64. The lowest BCUT2D eigenvalue weighted by Gasteiger charge is -2.09. The Labute approximate surface area is 143 Å². The number of halogens is 2. The van der Waals surface area contributed by atoms with Gasteiger partial charge >= 0.3 is 0 Å². The molecule has 23 heavy (non-hydrogen) atoms. The number of nitrogens with zero attached hydrogens (tertiary/aromatic N) is 1. The Kier molecular flexibility index (Phi) is 4.95. The van der Waals surface area contributed by atoms with Crippen molar-refractivity contribution in [3.8, 4) is 6.07 Å². The van der Waals surface area contributed by atoms with Crippen LogP contribution in [0, 0.1) is 11.3 Å². The van der Waals surface area contributed by atoms with Gasteiger partial charge in [-0.05, 0) is 36.4 Å². The fraction of sp³-hybridized carbons (Fsp3) is 0.0667. The molecule has 0 atom stereocenters. The summed E-state index contributed by atoms with van der Waals surface area (Å²) in [5, 5.41) is 12.2. The quantitative estimate of drug-likeness (QED) is 0.897. The first kappa shape index (κ1) is 17.3.